The standard InChI is InChI=1S/C11H17N3O2/c1-8(2)6-10(15)13-7-9-12-5-4-11(14-9)16-3/h4-5,8H,6-7H2,1-3H3,(H,13,15). The van der Waals surface area contributed by atoms with Gasteiger partial charge in [0.05, 0.1) is 13.7 Å². The molecule has 5 heteroatoms. The third-order valence-corrected chi connectivity index (χ3v) is 1.93. The minimum Gasteiger partial charge on any atom is -0.481 e. The van der Waals surface area contributed by atoms with Gasteiger partial charge in [0.2, 0.25) is 11.8 Å². The summed E-state index contributed by atoms with van der Waals surface area (Å²) in [5.41, 5.74) is 0. The van der Waals surface area contributed by atoms with Crippen LogP contribution in [0.3, 0.4) is 0 Å². The zero-order chi connectivity index (χ0) is 12.0. The number of amides is 1. The normalized spacial score (nSPS) is 10.2. The van der Waals surface area contributed by atoms with E-state index in [1.54, 1.807) is 19.4 Å². The van der Waals surface area contributed by atoms with Gasteiger partial charge in [0.1, 0.15) is 0 Å². The van der Waals surface area contributed by atoms with Crippen molar-refractivity contribution >= 4 is 5.91 Å². The van der Waals surface area contributed by atoms with Gasteiger partial charge in [0.25, 0.3) is 0 Å². The molecule has 5 nitrogen and oxygen atoms in total. The van der Waals surface area contributed by atoms with E-state index in [2.05, 4.69) is 15.3 Å². The molecule has 1 rings (SSSR count). The van der Waals surface area contributed by atoms with Gasteiger partial charge in [-0.15, -0.1) is 0 Å². The third-order valence-electron chi connectivity index (χ3n) is 1.93. The molecule has 88 valence electrons. The lowest BCUT2D eigenvalue weighted by Crippen LogP contribution is -2.24. The van der Waals surface area contributed by atoms with Crippen LogP contribution in [0.2, 0.25) is 0 Å². The molecule has 0 atom stereocenters. The predicted molar refractivity (Wildman–Crippen MR) is 59.9 cm³/mol. The van der Waals surface area contributed by atoms with Crippen molar-refractivity contribution in [2.45, 2.75) is 26.8 Å². The summed E-state index contributed by atoms with van der Waals surface area (Å²) < 4.78 is 4.96. The van der Waals surface area contributed by atoms with Crippen LogP contribution in [0.5, 0.6) is 5.88 Å². The van der Waals surface area contributed by atoms with Crippen molar-refractivity contribution in [1.82, 2.24) is 15.3 Å². The van der Waals surface area contributed by atoms with Gasteiger partial charge < -0.3 is 10.1 Å². The monoisotopic (exact) mass is 223 g/mol. The maximum atomic E-state index is 11.4. The Morgan fingerprint density at radius 3 is 2.94 bits per heavy atom. The molecule has 0 spiro atoms. The minimum absolute atomic E-state index is 0.0152. The molecule has 1 aromatic rings. The summed E-state index contributed by atoms with van der Waals surface area (Å²) >= 11 is 0. The zero-order valence-corrected chi connectivity index (χ0v) is 9.86. The number of hydrogen-bond acceptors (Lipinski definition) is 4. The second kappa shape index (κ2) is 6.05. The Bertz CT molecular complexity index is 353. The van der Waals surface area contributed by atoms with Crippen LogP contribution in [0, 0.1) is 5.92 Å². The Kier molecular flexibility index (Phi) is 4.69. The van der Waals surface area contributed by atoms with E-state index in [0.29, 0.717) is 30.6 Å². The molecule has 0 unspecified atom stereocenters. The van der Waals surface area contributed by atoms with Crippen LogP contribution < -0.4 is 10.1 Å². The summed E-state index contributed by atoms with van der Waals surface area (Å²) in [7, 11) is 1.55. The minimum atomic E-state index is 0.0152. The summed E-state index contributed by atoms with van der Waals surface area (Å²) in [6.45, 7) is 4.34. The Morgan fingerprint density at radius 1 is 1.56 bits per heavy atom. The highest BCUT2D eigenvalue weighted by atomic mass is 16.5. The lowest BCUT2D eigenvalue weighted by Gasteiger charge is -2.06. The maximum absolute atomic E-state index is 11.4. The highest BCUT2D eigenvalue weighted by Gasteiger charge is 2.05. The Labute approximate surface area is 95.3 Å². The second-order valence-electron chi connectivity index (χ2n) is 3.89. The summed E-state index contributed by atoms with van der Waals surface area (Å²) in [6, 6.07) is 1.67. The average molecular weight is 223 g/mol. The third kappa shape index (κ3) is 4.25. The van der Waals surface area contributed by atoms with Crippen molar-refractivity contribution in [1.29, 1.82) is 0 Å². The molecule has 0 fully saturated rings. The van der Waals surface area contributed by atoms with E-state index >= 15 is 0 Å². The number of nitrogens with one attached hydrogen (secondary N) is 1. The van der Waals surface area contributed by atoms with E-state index in [-0.39, 0.29) is 5.91 Å². The smallest absolute Gasteiger partial charge is 0.220 e. The van der Waals surface area contributed by atoms with Gasteiger partial charge in [-0.05, 0) is 5.92 Å². The Balaban J connectivity index is 2.45. The highest BCUT2D eigenvalue weighted by Crippen LogP contribution is 2.04. The van der Waals surface area contributed by atoms with Crippen molar-refractivity contribution in [3.05, 3.63) is 18.1 Å². The summed E-state index contributed by atoms with van der Waals surface area (Å²) in [5, 5.41) is 2.76. The molecule has 1 amide bonds. The molecule has 1 aromatic heterocycles. The molecule has 0 aliphatic carbocycles. The molecule has 1 N–H and O–H groups in total. The van der Waals surface area contributed by atoms with Crippen molar-refractivity contribution in [3.8, 4) is 5.88 Å². The molecule has 16 heavy (non-hydrogen) atoms. The fourth-order valence-corrected chi connectivity index (χ4v) is 1.20. The van der Waals surface area contributed by atoms with E-state index in [0.717, 1.165) is 0 Å². The number of hydrogen-bond donors (Lipinski definition) is 1. The SMILES string of the molecule is COc1ccnc(CNC(=O)CC(C)C)n1. The van der Waals surface area contributed by atoms with E-state index in [4.69, 9.17) is 4.74 Å². The van der Waals surface area contributed by atoms with Crippen molar-refractivity contribution in [2.75, 3.05) is 7.11 Å². The first-order valence-electron chi connectivity index (χ1n) is 5.24. The summed E-state index contributed by atoms with van der Waals surface area (Å²) in [6.07, 6.45) is 2.12. The predicted octanol–water partition coefficient (Wildman–Crippen LogP) is 1.15. The molecule has 0 saturated heterocycles. The van der Waals surface area contributed by atoms with Gasteiger partial charge >= 0.3 is 0 Å². The lowest BCUT2D eigenvalue weighted by atomic mass is 10.1. The summed E-state index contributed by atoms with van der Waals surface area (Å²) in [4.78, 5) is 19.5. The molecule has 0 radical (unpaired) electrons. The number of carbonyl (C=O) groups excluding carboxylic acids is 1. The molecule has 0 aliphatic heterocycles. The maximum Gasteiger partial charge on any atom is 0.220 e. The van der Waals surface area contributed by atoms with Crippen LogP contribution in [-0.2, 0) is 11.3 Å². The largest absolute Gasteiger partial charge is 0.481 e. The molecule has 1 heterocycles. The van der Waals surface area contributed by atoms with E-state index < -0.39 is 0 Å². The Hall–Kier alpha value is -1.65. The van der Waals surface area contributed by atoms with Crippen molar-refractivity contribution < 1.29 is 9.53 Å². The summed E-state index contributed by atoms with van der Waals surface area (Å²) in [5.74, 6) is 1.42. The number of rotatable bonds is 5. The average Bonchev–Trinajstić information content (AvgIpc) is 2.26. The molecule has 0 aromatic carbocycles. The van der Waals surface area contributed by atoms with Crippen LogP contribution in [0.25, 0.3) is 0 Å². The first kappa shape index (κ1) is 12.4. The second-order valence-corrected chi connectivity index (χ2v) is 3.89. The lowest BCUT2D eigenvalue weighted by molar-refractivity contribution is -0.122. The fraction of sp³-hybridized carbons (Fsp3) is 0.545. The van der Waals surface area contributed by atoms with Gasteiger partial charge in [0.15, 0.2) is 5.82 Å². The van der Waals surface area contributed by atoms with Gasteiger partial charge in [-0.1, -0.05) is 13.8 Å². The Morgan fingerprint density at radius 2 is 2.31 bits per heavy atom. The van der Waals surface area contributed by atoms with Crippen LogP contribution in [-0.4, -0.2) is 23.0 Å². The van der Waals surface area contributed by atoms with E-state index in [9.17, 15) is 4.79 Å². The number of carbonyl (C=O) groups is 1. The van der Waals surface area contributed by atoms with Crippen LogP contribution in [0.15, 0.2) is 12.3 Å². The van der Waals surface area contributed by atoms with Crippen LogP contribution in [0.4, 0.5) is 0 Å². The number of methoxy groups -OCH3 is 1. The van der Waals surface area contributed by atoms with Crippen LogP contribution in [0.1, 0.15) is 26.1 Å². The molecule has 0 aliphatic rings. The fourth-order valence-electron chi connectivity index (χ4n) is 1.20. The quantitative estimate of drug-likeness (QED) is 0.813. The number of nitrogens with zero attached hydrogens (tertiary/aromatic N) is 2. The van der Waals surface area contributed by atoms with Crippen LogP contribution >= 0.6 is 0 Å². The van der Waals surface area contributed by atoms with Gasteiger partial charge in [0, 0.05) is 18.7 Å². The molecular weight excluding hydrogens is 206 g/mol. The van der Waals surface area contributed by atoms with Crippen molar-refractivity contribution in [2.24, 2.45) is 5.92 Å². The van der Waals surface area contributed by atoms with Gasteiger partial charge in [-0.25, -0.2) is 4.98 Å². The first-order valence-corrected chi connectivity index (χ1v) is 5.24. The number of aromatic nitrogens is 2. The zero-order valence-electron chi connectivity index (χ0n) is 9.86. The number of ether oxygens (including phenoxy) is 1. The van der Waals surface area contributed by atoms with E-state index in [1.165, 1.54) is 0 Å². The molecule has 0 saturated carbocycles. The van der Waals surface area contributed by atoms with Gasteiger partial charge in [-0.3, -0.25) is 4.79 Å². The molecule has 0 bridgehead atoms. The van der Waals surface area contributed by atoms with Gasteiger partial charge in [-0.2, -0.15) is 4.98 Å². The van der Waals surface area contributed by atoms with Crippen molar-refractivity contribution in [3.63, 3.8) is 0 Å². The molecular formula is C11H17N3O2. The van der Waals surface area contributed by atoms with E-state index in [1.807, 2.05) is 13.8 Å². The highest BCUT2D eigenvalue weighted by molar-refractivity contribution is 5.75. The first-order chi connectivity index (χ1) is 7.61. The topological polar surface area (TPSA) is 64.1 Å².